The molecule has 1 spiro atoms. The second kappa shape index (κ2) is 10.5. The van der Waals surface area contributed by atoms with Gasteiger partial charge in [0.05, 0.1) is 23.1 Å². The van der Waals surface area contributed by atoms with Gasteiger partial charge < -0.3 is 14.7 Å². The molecule has 2 aromatic carbocycles. The van der Waals surface area contributed by atoms with Gasteiger partial charge in [-0.25, -0.2) is 13.1 Å². The summed E-state index contributed by atoms with van der Waals surface area (Å²) in [4.78, 5) is 15.4. The molecule has 9 heteroatoms. The Hall–Kier alpha value is -2.45. The smallest absolute Gasteiger partial charge is 0.264 e. The fourth-order valence-electron chi connectivity index (χ4n) is 7.12. The fourth-order valence-corrected chi connectivity index (χ4v) is 8.39. The van der Waals surface area contributed by atoms with E-state index in [-0.39, 0.29) is 16.9 Å². The van der Waals surface area contributed by atoms with Crippen molar-refractivity contribution >= 4 is 33.2 Å². The Balaban J connectivity index is 1.40. The number of hydrogen-bond donors (Lipinski definition) is 2. The number of rotatable bonds is 0. The number of ether oxygens (including phenoxy) is 1. The number of nitrogens with one attached hydrogen (secondary N) is 1. The number of phenolic OH excluding ortho intramolecular Hbond substituents is 1. The van der Waals surface area contributed by atoms with Crippen molar-refractivity contribution in [2.24, 2.45) is 11.8 Å². The molecule has 0 radical (unpaired) electrons. The van der Waals surface area contributed by atoms with Gasteiger partial charge in [0.25, 0.3) is 5.91 Å². The van der Waals surface area contributed by atoms with E-state index in [4.69, 9.17) is 16.3 Å². The summed E-state index contributed by atoms with van der Waals surface area (Å²) >= 11 is 6.29. The molecule has 7 nitrogen and oxygen atoms in total. The minimum atomic E-state index is -3.70. The number of anilines is 1. The monoisotopic (exact) mass is 572 g/mol. The zero-order chi connectivity index (χ0) is 27.2. The Morgan fingerprint density at radius 2 is 1.85 bits per heavy atom. The minimum Gasteiger partial charge on any atom is -0.506 e. The highest BCUT2D eigenvalue weighted by atomic mass is 35.5. The van der Waals surface area contributed by atoms with Crippen LogP contribution in [0.25, 0.3) is 0 Å². The minimum absolute atomic E-state index is 0.0379. The number of fused-ring (bicyclic) bond motifs is 4. The first-order valence-corrected chi connectivity index (χ1v) is 16.3. The van der Waals surface area contributed by atoms with E-state index in [2.05, 4.69) is 9.62 Å². The number of sulfonamides is 1. The maximum atomic E-state index is 13.1. The van der Waals surface area contributed by atoms with Gasteiger partial charge in [-0.2, -0.15) is 0 Å². The van der Waals surface area contributed by atoms with E-state index in [1.54, 1.807) is 18.2 Å². The van der Waals surface area contributed by atoms with Crippen LogP contribution in [-0.2, 0) is 21.9 Å². The Labute approximate surface area is 235 Å². The summed E-state index contributed by atoms with van der Waals surface area (Å²) in [5.74, 6) is 1.38. The van der Waals surface area contributed by atoms with Crippen LogP contribution in [0.1, 0.15) is 79.3 Å². The molecule has 0 aromatic heterocycles. The molecule has 1 fully saturated rings. The number of carbonyl (C=O) groups is 1. The maximum absolute atomic E-state index is 13.1. The lowest BCUT2D eigenvalue weighted by Crippen LogP contribution is -2.48. The largest absolute Gasteiger partial charge is 0.506 e. The van der Waals surface area contributed by atoms with E-state index < -0.39 is 15.9 Å². The molecule has 39 heavy (non-hydrogen) atoms. The summed E-state index contributed by atoms with van der Waals surface area (Å²) in [7, 11) is -3.70. The summed E-state index contributed by atoms with van der Waals surface area (Å²) in [6.45, 7) is 2.01. The Kier molecular flexibility index (Phi) is 7.21. The van der Waals surface area contributed by atoms with E-state index in [9.17, 15) is 18.3 Å². The van der Waals surface area contributed by atoms with Crippen LogP contribution in [0.2, 0.25) is 5.02 Å². The predicted molar refractivity (Wildman–Crippen MR) is 152 cm³/mol. The van der Waals surface area contributed by atoms with E-state index in [1.165, 1.54) is 19.3 Å². The van der Waals surface area contributed by atoms with Crippen molar-refractivity contribution in [3.8, 4) is 11.5 Å². The van der Waals surface area contributed by atoms with Gasteiger partial charge in [-0.1, -0.05) is 37.3 Å². The van der Waals surface area contributed by atoms with Gasteiger partial charge in [-0.3, -0.25) is 4.79 Å². The van der Waals surface area contributed by atoms with Crippen molar-refractivity contribution in [3.63, 3.8) is 0 Å². The van der Waals surface area contributed by atoms with Gasteiger partial charge in [0, 0.05) is 24.1 Å². The molecular formula is C30H37ClN2O5S. The molecule has 2 aliphatic heterocycles. The zero-order valence-corrected chi connectivity index (χ0v) is 23.8. The lowest BCUT2D eigenvalue weighted by molar-refractivity contribution is 0.0981. The topological polar surface area (TPSA) is 95.9 Å². The van der Waals surface area contributed by atoms with Crippen molar-refractivity contribution in [3.05, 3.63) is 52.0 Å². The first-order chi connectivity index (χ1) is 18.7. The van der Waals surface area contributed by atoms with Crippen LogP contribution < -0.4 is 14.4 Å². The third-order valence-corrected chi connectivity index (χ3v) is 11.0. The number of aryl methyl sites for hydroxylation is 1. The van der Waals surface area contributed by atoms with Crippen LogP contribution in [0.5, 0.6) is 11.5 Å². The zero-order valence-electron chi connectivity index (χ0n) is 22.3. The molecule has 1 saturated carbocycles. The van der Waals surface area contributed by atoms with Gasteiger partial charge in [-0.15, -0.1) is 0 Å². The molecule has 4 aliphatic rings. The molecule has 210 valence electrons. The molecule has 2 aromatic rings. The third kappa shape index (κ3) is 5.34. The number of phenols is 1. The van der Waals surface area contributed by atoms with E-state index in [0.29, 0.717) is 47.7 Å². The standard InChI is InChI=1S/C30H37ClN2O5S/c31-25-14-21-7-5-12-30(24(21)16-27(25)34)18-33-17-23-9-8-20(23)6-3-1-2-4-13-39(36,37)32-29(35)22-10-11-28(38-19-30)26(33)15-22/h10-11,14-16,20,23,34H,1-9,12-13,17-19H2,(H,32,35)/t20-,23+,30+/m1/s1. The fraction of sp³-hybridized carbons (Fsp3) is 0.567. The maximum Gasteiger partial charge on any atom is 0.264 e. The second-order valence-corrected chi connectivity index (χ2v) is 14.2. The Morgan fingerprint density at radius 3 is 2.67 bits per heavy atom. The van der Waals surface area contributed by atoms with Gasteiger partial charge >= 0.3 is 0 Å². The molecule has 6 rings (SSSR count). The van der Waals surface area contributed by atoms with Crippen LogP contribution in [0.4, 0.5) is 5.69 Å². The molecule has 2 heterocycles. The number of aromatic hydroxyl groups is 1. The normalized spacial score (nSPS) is 28.7. The first kappa shape index (κ1) is 26.8. The molecule has 3 atom stereocenters. The molecule has 1 amide bonds. The highest BCUT2D eigenvalue weighted by Gasteiger charge is 2.43. The Bertz CT molecular complexity index is 1380. The summed E-state index contributed by atoms with van der Waals surface area (Å²) in [5.41, 5.74) is 3.05. The van der Waals surface area contributed by atoms with E-state index in [1.807, 2.05) is 12.1 Å². The summed E-state index contributed by atoms with van der Waals surface area (Å²) < 4.78 is 34.0. The van der Waals surface area contributed by atoms with Gasteiger partial charge in [-0.05, 0) is 91.8 Å². The molecule has 0 unspecified atom stereocenters. The van der Waals surface area contributed by atoms with E-state index in [0.717, 1.165) is 61.9 Å². The lowest BCUT2D eigenvalue weighted by Gasteiger charge is -2.44. The first-order valence-electron chi connectivity index (χ1n) is 14.3. The number of benzene rings is 2. The van der Waals surface area contributed by atoms with Crippen molar-refractivity contribution < 1.29 is 23.1 Å². The lowest BCUT2D eigenvalue weighted by atomic mass is 9.68. The summed E-state index contributed by atoms with van der Waals surface area (Å²) in [5, 5.41) is 10.9. The van der Waals surface area contributed by atoms with Crippen LogP contribution in [0, 0.1) is 11.8 Å². The average Bonchev–Trinajstić information content (AvgIpc) is 3.03. The number of halogens is 1. The van der Waals surface area contributed by atoms with Crippen LogP contribution in [-0.4, -0.2) is 44.9 Å². The summed E-state index contributed by atoms with van der Waals surface area (Å²) in [6.07, 6.45) is 9.97. The predicted octanol–water partition coefficient (Wildman–Crippen LogP) is 5.57. The molecule has 0 saturated heterocycles. The van der Waals surface area contributed by atoms with Gasteiger partial charge in [0.2, 0.25) is 10.0 Å². The highest BCUT2D eigenvalue weighted by Crippen LogP contribution is 2.47. The van der Waals surface area contributed by atoms with Gasteiger partial charge in [0.1, 0.15) is 11.5 Å². The molecule has 2 bridgehead atoms. The van der Waals surface area contributed by atoms with Crippen molar-refractivity contribution in [2.75, 3.05) is 30.3 Å². The quantitative estimate of drug-likeness (QED) is 0.428. The van der Waals surface area contributed by atoms with Crippen molar-refractivity contribution in [1.82, 2.24) is 4.72 Å². The van der Waals surface area contributed by atoms with Gasteiger partial charge in [0.15, 0.2) is 0 Å². The molecule has 2 N–H and O–H groups in total. The molecule has 2 aliphatic carbocycles. The van der Waals surface area contributed by atoms with E-state index >= 15 is 0 Å². The van der Waals surface area contributed by atoms with Crippen LogP contribution in [0.15, 0.2) is 30.3 Å². The molecular weight excluding hydrogens is 536 g/mol. The second-order valence-electron chi connectivity index (χ2n) is 12.0. The average molecular weight is 573 g/mol. The SMILES string of the molecule is O=C1NS(=O)(=O)CCCCCC[C@@H]2CC[C@H]2CN2C[C@@]3(CCCc4cc(Cl)c(O)cc43)COc3ccc1cc32. The third-order valence-electron chi connectivity index (χ3n) is 9.42. The number of hydrogen-bond acceptors (Lipinski definition) is 6. The Morgan fingerprint density at radius 1 is 1.03 bits per heavy atom. The van der Waals surface area contributed by atoms with Crippen molar-refractivity contribution in [1.29, 1.82) is 0 Å². The van der Waals surface area contributed by atoms with Crippen molar-refractivity contribution in [2.45, 2.75) is 69.6 Å². The number of amides is 1. The highest BCUT2D eigenvalue weighted by molar-refractivity contribution is 7.90. The van der Waals surface area contributed by atoms with Crippen LogP contribution >= 0.6 is 11.6 Å². The number of carbonyl (C=O) groups excluding carboxylic acids is 1. The van der Waals surface area contributed by atoms with Crippen LogP contribution in [0.3, 0.4) is 0 Å². The summed E-state index contributed by atoms with van der Waals surface area (Å²) in [6, 6.07) is 8.96. The number of nitrogens with zero attached hydrogens (tertiary/aromatic N) is 1.